The van der Waals surface area contributed by atoms with Crippen molar-refractivity contribution < 1.29 is 4.79 Å². The Balaban J connectivity index is 1.92. The van der Waals surface area contributed by atoms with Gasteiger partial charge in [0.05, 0.1) is 5.54 Å². The first kappa shape index (κ1) is 13.5. The lowest BCUT2D eigenvalue weighted by atomic mass is 10.1. The molecule has 1 saturated heterocycles. The first-order chi connectivity index (χ1) is 8.47. The average molecular weight is 267 g/mol. The van der Waals surface area contributed by atoms with Crippen molar-refractivity contribution in [2.24, 2.45) is 0 Å². The van der Waals surface area contributed by atoms with Crippen molar-refractivity contribution >= 4 is 17.2 Å². The molecule has 5 heteroatoms. The number of thiazole rings is 1. The molecule has 4 nitrogen and oxygen atoms in total. The summed E-state index contributed by atoms with van der Waals surface area (Å²) in [5, 5.41) is 9.41. The lowest BCUT2D eigenvalue weighted by Gasteiger charge is -2.24. The van der Waals surface area contributed by atoms with Crippen LogP contribution < -0.4 is 10.6 Å². The van der Waals surface area contributed by atoms with Gasteiger partial charge in [0.2, 0.25) is 5.91 Å². The molecule has 1 atom stereocenters. The summed E-state index contributed by atoms with van der Waals surface area (Å²) in [6.07, 6.45) is 2.84. The second-order valence-corrected chi connectivity index (χ2v) is 6.32. The number of carbonyl (C=O) groups excluding carboxylic acids is 1. The van der Waals surface area contributed by atoms with Crippen LogP contribution in [0.5, 0.6) is 0 Å². The molecule has 1 aromatic rings. The molecule has 1 aliphatic heterocycles. The van der Waals surface area contributed by atoms with E-state index in [4.69, 9.17) is 0 Å². The molecule has 0 spiro atoms. The van der Waals surface area contributed by atoms with Gasteiger partial charge >= 0.3 is 0 Å². The number of nitrogens with zero attached hydrogens (tertiary/aromatic N) is 1. The van der Waals surface area contributed by atoms with Crippen molar-refractivity contribution in [3.05, 3.63) is 16.1 Å². The van der Waals surface area contributed by atoms with Crippen LogP contribution in [0.15, 0.2) is 5.38 Å². The third-order valence-corrected chi connectivity index (χ3v) is 4.48. The van der Waals surface area contributed by atoms with Crippen molar-refractivity contribution in [2.45, 2.75) is 51.6 Å². The predicted molar refractivity (Wildman–Crippen MR) is 73.7 cm³/mol. The number of carbonyl (C=O) groups is 1. The van der Waals surface area contributed by atoms with Crippen LogP contribution in [0.4, 0.5) is 0 Å². The second-order valence-electron chi connectivity index (χ2n) is 5.46. The summed E-state index contributed by atoms with van der Waals surface area (Å²) in [5.41, 5.74) is 0.629. The fraction of sp³-hybridized carbons (Fsp3) is 0.692. The van der Waals surface area contributed by atoms with Gasteiger partial charge in [-0.05, 0) is 40.2 Å². The zero-order valence-electron chi connectivity index (χ0n) is 11.2. The maximum absolute atomic E-state index is 12.0. The third-order valence-electron chi connectivity index (χ3n) is 3.20. The second kappa shape index (κ2) is 5.36. The van der Waals surface area contributed by atoms with Gasteiger partial charge in [0.15, 0.2) is 0 Å². The Morgan fingerprint density at radius 2 is 2.44 bits per heavy atom. The smallest absolute Gasteiger partial charge is 0.222 e. The lowest BCUT2D eigenvalue weighted by Crippen LogP contribution is -2.43. The van der Waals surface area contributed by atoms with Crippen molar-refractivity contribution in [1.29, 1.82) is 0 Å². The van der Waals surface area contributed by atoms with Gasteiger partial charge < -0.3 is 10.6 Å². The van der Waals surface area contributed by atoms with Gasteiger partial charge in [0.1, 0.15) is 5.01 Å². The van der Waals surface area contributed by atoms with E-state index in [1.807, 2.05) is 26.2 Å². The summed E-state index contributed by atoms with van der Waals surface area (Å²) in [6.45, 7) is 7.02. The zero-order valence-corrected chi connectivity index (χ0v) is 12.1. The Morgan fingerprint density at radius 1 is 1.67 bits per heavy atom. The minimum absolute atomic E-state index is 0.104. The van der Waals surface area contributed by atoms with E-state index >= 15 is 0 Å². The maximum atomic E-state index is 12.0. The van der Waals surface area contributed by atoms with Crippen LogP contribution in [-0.4, -0.2) is 23.5 Å². The van der Waals surface area contributed by atoms with Crippen LogP contribution in [0.2, 0.25) is 0 Å². The molecule has 2 rings (SSSR count). The zero-order chi connectivity index (χ0) is 13.2. The van der Waals surface area contributed by atoms with E-state index in [1.165, 1.54) is 6.42 Å². The van der Waals surface area contributed by atoms with Gasteiger partial charge in [-0.1, -0.05) is 0 Å². The van der Waals surface area contributed by atoms with E-state index in [1.54, 1.807) is 11.3 Å². The Labute approximate surface area is 112 Å². The van der Waals surface area contributed by atoms with Crippen molar-refractivity contribution in [2.75, 3.05) is 6.54 Å². The molecule has 0 aromatic carbocycles. The summed E-state index contributed by atoms with van der Waals surface area (Å²) in [4.78, 5) is 16.5. The summed E-state index contributed by atoms with van der Waals surface area (Å²) in [7, 11) is 0. The van der Waals surface area contributed by atoms with E-state index in [0.29, 0.717) is 12.5 Å². The maximum Gasteiger partial charge on any atom is 0.222 e. The van der Waals surface area contributed by atoms with Crippen LogP contribution >= 0.6 is 11.3 Å². The Hall–Kier alpha value is -0.940. The summed E-state index contributed by atoms with van der Waals surface area (Å²) >= 11 is 1.60. The highest BCUT2D eigenvalue weighted by atomic mass is 32.1. The molecule has 0 radical (unpaired) electrons. The number of amides is 1. The van der Waals surface area contributed by atoms with Crippen molar-refractivity contribution in [3.63, 3.8) is 0 Å². The van der Waals surface area contributed by atoms with Gasteiger partial charge in [-0.3, -0.25) is 4.79 Å². The number of aromatic nitrogens is 1. The molecule has 1 fully saturated rings. The van der Waals surface area contributed by atoms with E-state index < -0.39 is 0 Å². The Kier molecular flexibility index (Phi) is 4.02. The van der Waals surface area contributed by atoms with Gasteiger partial charge in [-0.2, -0.15) is 0 Å². The number of rotatable bonds is 4. The highest BCUT2D eigenvalue weighted by Crippen LogP contribution is 2.24. The van der Waals surface area contributed by atoms with E-state index in [9.17, 15) is 4.79 Å². The molecule has 0 saturated carbocycles. The lowest BCUT2D eigenvalue weighted by molar-refractivity contribution is -0.123. The topological polar surface area (TPSA) is 54.0 Å². The van der Waals surface area contributed by atoms with Gasteiger partial charge in [-0.15, -0.1) is 11.3 Å². The van der Waals surface area contributed by atoms with Crippen LogP contribution in [0.1, 0.15) is 43.8 Å². The molecule has 2 N–H and O–H groups in total. The van der Waals surface area contributed by atoms with Crippen LogP contribution in [0.25, 0.3) is 0 Å². The number of hydrogen-bond donors (Lipinski definition) is 2. The van der Waals surface area contributed by atoms with Gasteiger partial charge in [0, 0.05) is 23.5 Å². The molecular weight excluding hydrogens is 246 g/mol. The normalized spacial score (nSPS) is 20.1. The average Bonchev–Trinajstić information content (AvgIpc) is 2.88. The third kappa shape index (κ3) is 3.29. The molecule has 0 bridgehead atoms. The Morgan fingerprint density at radius 3 is 3.00 bits per heavy atom. The first-order valence-electron chi connectivity index (χ1n) is 6.44. The molecule has 1 aliphatic rings. The van der Waals surface area contributed by atoms with Gasteiger partial charge in [-0.25, -0.2) is 4.98 Å². The van der Waals surface area contributed by atoms with E-state index in [0.717, 1.165) is 23.7 Å². The number of nitrogens with one attached hydrogen (secondary N) is 2. The van der Waals surface area contributed by atoms with Crippen LogP contribution in [0.3, 0.4) is 0 Å². The molecule has 1 amide bonds. The van der Waals surface area contributed by atoms with Gasteiger partial charge in [0.25, 0.3) is 0 Å². The largest absolute Gasteiger partial charge is 0.345 e. The first-order valence-corrected chi connectivity index (χ1v) is 7.32. The summed E-state index contributed by atoms with van der Waals surface area (Å²) in [6, 6.07) is 0.346. The van der Waals surface area contributed by atoms with Crippen molar-refractivity contribution in [3.8, 4) is 0 Å². The molecule has 100 valence electrons. The van der Waals surface area contributed by atoms with Crippen LogP contribution in [-0.2, 0) is 10.3 Å². The van der Waals surface area contributed by atoms with E-state index in [2.05, 4.69) is 15.6 Å². The SMILES string of the molecule is Cc1csc(C(C)(C)NC(=O)CC2CCCN2)n1. The number of hydrogen-bond acceptors (Lipinski definition) is 4. The summed E-state index contributed by atoms with van der Waals surface area (Å²) in [5.74, 6) is 0.104. The quantitative estimate of drug-likeness (QED) is 0.876. The Bertz CT molecular complexity index is 422. The molecular formula is C13H21N3OS. The summed E-state index contributed by atoms with van der Waals surface area (Å²) < 4.78 is 0. The monoisotopic (exact) mass is 267 g/mol. The highest BCUT2D eigenvalue weighted by molar-refractivity contribution is 7.09. The fourth-order valence-electron chi connectivity index (χ4n) is 2.25. The van der Waals surface area contributed by atoms with Crippen molar-refractivity contribution in [1.82, 2.24) is 15.6 Å². The molecule has 0 aliphatic carbocycles. The van der Waals surface area contributed by atoms with Crippen LogP contribution in [0, 0.1) is 6.92 Å². The molecule has 1 aromatic heterocycles. The molecule has 18 heavy (non-hydrogen) atoms. The minimum atomic E-state index is -0.380. The minimum Gasteiger partial charge on any atom is -0.345 e. The molecule has 1 unspecified atom stereocenters. The fourth-order valence-corrected chi connectivity index (χ4v) is 3.13. The predicted octanol–water partition coefficient (Wildman–Crippen LogP) is 1.94. The highest BCUT2D eigenvalue weighted by Gasteiger charge is 2.27. The number of aryl methyl sites for hydroxylation is 1. The van der Waals surface area contributed by atoms with E-state index in [-0.39, 0.29) is 11.4 Å². The molecule has 2 heterocycles. The standard InChI is InChI=1S/C13H21N3OS/c1-9-8-18-12(15-9)13(2,3)16-11(17)7-10-5-4-6-14-10/h8,10,14H,4-7H2,1-3H3,(H,16,17).